The van der Waals surface area contributed by atoms with Crippen molar-refractivity contribution in [1.82, 2.24) is 0 Å². The Bertz CT molecular complexity index is 852. The number of methoxy groups -OCH3 is 1. The fourth-order valence-electron chi connectivity index (χ4n) is 2.57. The summed E-state index contributed by atoms with van der Waals surface area (Å²) in [7, 11) is 1.58. The van der Waals surface area contributed by atoms with E-state index in [1.54, 1.807) is 30.6 Å². The first-order chi connectivity index (χ1) is 12.8. The van der Waals surface area contributed by atoms with E-state index in [-0.39, 0.29) is 12.6 Å². The van der Waals surface area contributed by atoms with Crippen molar-refractivity contribution in [2.45, 2.75) is 52.0 Å². The van der Waals surface area contributed by atoms with Crippen LogP contribution in [0.1, 0.15) is 20.8 Å². The van der Waals surface area contributed by atoms with Crippen LogP contribution in [0.4, 0.5) is 5.69 Å². The van der Waals surface area contributed by atoms with Crippen molar-refractivity contribution in [3.8, 4) is 0 Å². The number of carbonyl (C=O) groups is 1. The molecule has 0 saturated carbocycles. The molecule has 0 unspecified atom stereocenters. The quantitative estimate of drug-likeness (QED) is 0.476. The van der Waals surface area contributed by atoms with Gasteiger partial charge in [0.2, 0.25) is 0 Å². The molecule has 1 atom stereocenters. The number of benzene rings is 2. The lowest BCUT2D eigenvalue weighted by Crippen LogP contribution is -2.39. The molecule has 0 amide bonds. The molecule has 0 aromatic heterocycles. The summed E-state index contributed by atoms with van der Waals surface area (Å²) in [5, 5.41) is 3.26. The van der Waals surface area contributed by atoms with E-state index in [1.165, 1.54) is 14.7 Å². The Morgan fingerprint density at radius 3 is 2.63 bits per heavy atom. The van der Waals surface area contributed by atoms with Gasteiger partial charge in [0.1, 0.15) is 11.6 Å². The number of fused-ring (bicyclic) bond motifs is 2. The molecule has 0 bridgehead atoms. The predicted octanol–water partition coefficient (Wildman–Crippen LogP) is 5.83. The molecule has 0 fully saturated rings. The van der Waals surface area contributed by atoms with Gasteiger partial charge >= 0.3 is 5.97 Å². The van der Waals surface area contributed by atoms with Crippen LogP contribution in [-0.2, 0) is 14.3 Å². The highest BCUT2D eigenvalue weighted by Crippen LogP contribution is 2.51. The Labute approximate surface area is 176 Å². The van der Waals surface area contributed by atoms with Gasteiger partial charge in [0, 0.05) is 36.9 Å². The van der Waals surface area contributed by atoms with E-state index in [0.717, 1.165) is 15.1 Å². The topological polar surface area (TPSA) is 47.6 Å². The second-order valence-corrected chi connectivity index (χ2v) is 10.1. The Morgan fingerprint density at radius 1 is 1.15 bits per heavy atom. The highest BCUT2D eigenvalue weighted by molar-refractivity contribution is 9.10. The summed E-state index contributed by atoms with van der Waals surface area (Å²) in [4.78, 5) is 17.3. The number of halogens is 1. The summed E-state index contributed by atoms with van der Waals surface area (Å²) in [5.41, 5.74) is 0.331. The number of rotatable bonds is 5. The van der Waals surface area contributed by atoms with Crippen LogP contribution in [0.15, 0.2) is 60.5 Å². The lowest BCUT2D eigenvalue weighted by atomic mass is 10.2. The van der Waals surface area contributed by atoms with Gasteiger partial charge in [-0.3, -0.25) is 0 Å². The van der Waals surface area contributed by atoms with Gasteiger partial charge in [0.05, 0.1) is 6.61 Å². The van der Waals surface area contributed by atoms with E-state index in [0.29, 0.717) is 0 Å². The van der Waals surface area contributed by atoms with Crippen LogP contribution in [0, 0.1) is 0 Å². The van der Waals surface area contributed by atoms with Crippen molar-refractivity contribution in [2.75, 3.05) is 19.0 Å². The van der Waals surface area contributed by atoms with E-state index < -0.39 is 11.6 Å². The molecule has 4 nitrogen and oxygen atoms in total. The number of hydrogen-bond donors (Lipinski definition) is 1. The normalized spacial score (nSPS) is 14.1. The average Bonchev–Trinajstić information content (AvgIpc) is 2.59. The first-order valence-corrected chi connectivity index (χ1v) is 11.0. The summed E-state index contributed by atoms with van der Waals surface area (Å²) in [6.45, 7) is 5.81. The lowest BCUT2D eigenvalue weighted by molar-refractivity contribution is -0.156. The van der Waals surface area contributed by atoms with Crippen molar-refractivity contribution in [1.29, 1.82) is 0 Å². The van der Waals surface area contributed by atoms with Crippen LogP contribution in [0.2, 0.25) is 0 Å². The van der Waals surface area contributed by atoms with Gasteiger partial charge in [-0.25, -0.2) is 4.79 Å². The Morgan fingerprint density at radius 2 is 1.93 bits per heavy atom. The summed E-state index contributed by atoms with van der Waals surface area (Å²) in [6, 6.07) is 11.8. The standard InChI is InChI=1S/C20H22BrNO3S2/c1-20(2,3)25-19(23)14(11-24-4)22-12-8-9-15-17(10-12)26-16-7-5-6-13(21)18(16)27-15/h5-10,14,22H,11H2,1-4H3/t14-/m1/s1. The summed E-state index contributed by atoms with van der Waals surface area (Å²) >= 11 is 7.11. The molecule has 2 aromatic carbocycles. The van der Waals surface area contributed by atoms with Gasteiger partial charge in [0.15, 0.2) is 0 Å². The van der Waals surface area contributed by atoms with Crippen LogP contribution < -0.4 is 5.32 Å². The zero-order valence-electron chi connectivity index (χ0n) is 15.7. The highest BCUT2D eigenvalue weighted by atomic mass is 79.9. The van der Waals surface area contributed by atoms with Crippen molar-refractivity contribution < 1.29 is 14.3 Å². The van der Waals surface area contributed by atoms with Crippen LogP contribution in [-0.4, -0.2) is 31.3 Å². The van der Waals surface area contributed by atoms with Crippen LogP contribution in [0.5, 0.6) is 0 Å². The van der Waals surface area contributed by atoms with Gasteiger partial charge in [-0.2, -0.15) is 0 Å². The number of anilines is 1. The van der Waals surface area contributed by atoms with Crippen LogP contribution in [0.3, 0.4) is 0 Å². The molecule has 2 aromatic rings. The Hall–Kier alpha value is -1.15. The molecule has 27 heavy (non-hydrogen) atoms. The molecule has 0 spiro atoms. The second-order valence-electron chi connectivity index (χ2n) is 7.12. The first-order valence-electron chi connectivity index (χ1n) is 8.53. The number of carbonyl (C=O) groups excluding carboxylic acids is 1. The average molecular weight is 468 g/mol. The van der Waals surface area contributed by atoms with Crippen LogP contribution >= 0.6 is 39.5 Å². The number of hydrogen-bond acceptors (Lipinski definition) is 6. The van der Waals surface area contributed by atoms with Gasteiger partial charge in [-0.15, -0.1) is 0 Å². The third kappa shape index (κ3) is 5.22. The molecular weight excluding hydrogens is 446 g/mol. The largest absolute Gasteiger partial charge is 0.458 e. The summed E-state index contributed by atoms with van der Waals surface area (Å²) in [6.07, 6.45) is 0. The minimum absolute atomic E-state index is 0.240. The van der Waals surface area contributed by atoms with Crippen molar-refractivity contribution in [3.63, 3.8) is 0 Å². The summed E-state index contributed by atoms with van der Waals surface area (Å²) < 4.78 is 11.8. The molecule has 3 rings (SSSR count). The number of esters is 1. The van der Waals surface area contributed by atoms with Gasteiger partial charge < -0.3 is 14.8 Å². The zero-order chi connectivity index (χ0) is 19.6. The zero-order valence-corrected chi connectivity index (χ0v) is 18.9. The number of nitrogens with one attached hydrogen (secondary N) is 1. The van der Waals surface area contributed by atoms with Crippen molar-refractivity contribution >= 4 is 51.1 Å². The molecular formula is C20H22BrNO3S2. The maximum Gasteiger partial charge on any atom is 0.331 e. The number of ether oxygens (including phenoxy) is 2. The molecule has 1 aliphatic rings. The summed E-state index contributed by atoms with van der Waals surface area (Å²) in [5.74, 6) is -0.321. The molecule has 144 valence electrons. The van der Waals surface area contributed by atoms with E-state index in [4.69, 9.17) is 9.47 Å². The molecule has 1 heterocycles. The maximum absolute atomic E-state index is 12.5. The molecule has 7 heteroatoms. The first kappa shape index (κ1) is 20.6. The van der Waals surface area contributed by atoms with E-state index >= 15 is 0 Å². The third-order valence-corrected chi connectivity index (χ3v) is 7.19. The van der Waals surface area contributed by atoms with E-state index in [2.05, 4.69) is 45.5 Å². The molecule has 0 aliphatic carbocycles. The fraction of sp³-hybridized carbons (Fsp3) is 0.350. The van der Waals surface area contributed by atoms with E-state index in [9.17, 15) is 4.79 Å². The van der Waals surface area contributed by atoms with E-state index in [1.807, 2.05) is 32.9 Å². The lowest BCUT2D eigenvalue weighted by Gasteiger charge is -2.25. The SMILES string of the molecule is COC[C@@H](Nc1ccc2c(c1)Sc1cccc(Br)c1S2)C(=O)OC(C)(C)C. The highest BCUT2D eigenvalue weighted by Gasteiger charge is 2.26. The van der Waals surface area contributed by atoms with Gasteiger partial charge in [0.25, 0.3) is 0 Å². The van der Waals surface area contributed by atoms with Crippen molar-refractivity contribution in [3.05, 3.63) is 40.9 Å². The van der Waals surface area contributed by atoms with Crippen LogP contribution in [0.25, 0.3) is 0 Å². The second kappa shape index (κ2) is 8.47. The smallest absolute Gasteiger partial charge is 0.331 e. The maximum atomic E-state index is 12.5. The Balaban J connectivity index is 1.79. The third-order valence-electron chi connectivity index (χ3n) is 3.67. The Kier molecular flexibility index (Phi) is 6.46. The van der Waals surface area contributed by atoms with Crippen molar-refractivity contribution in [2.24, 2.45) is 0 Å². The minimum Gasteiger partial charge on any atom is -0.458 e. The molecule has 0 radical (unpaired) electrons. The van der Waals surface area contributed by atoms with Gasteiger partial charge in [-0.1, -0.05) is 29.6 Å². The van der Waals surface area contributed by atoms with Gasteiger partial charge in [-0.05, 0) is 67.0 Å². The molecule has 1 aliphatic heterocycles. The fourth-order valence-corrected chi connectivity index (χ4v) is 5.60. The molecule has 0 saturated heterocycles. The molecule has 1 N–H and O–H groups in total. The monoisotopic (exact) mass is 467 g/mol. The minimum atomic E-state index is -0.560. The predicted molar refractivity (Wildman–Crippen MR) is 114 cm³/mol.